The summed E-state index contributed by atoms with van der Waals surface area (Å²) in [5, 5.41) is 13.4. The van der Waals surface area contributed by atoms with Gasteiger partial charge in [0, 0.05) is 18.7 Å². The van der Waals surface area contributed by atoms with Crippen molar-refractivity contribution >= 4 is 23.7 Å². The van der Waals surface area contributed by atoms with E-state index >= 15 is 0 Å². The second-order valence-corrected chi connectivity index (χ2v) is 6.09. The number of urea groups is 1. The first-order valence-corrected chi connectivity index (χ1v) is 8.02. The van der Waals surface area contributed by atoms with Crippen molar-refractivity contribution in [1.29, 1.82) is 0 Å². The van der Waals surface area contributed by atoms with E-state index in [0.29, 0.717) is 5.56 Å². The minimum Gasteiger partial charge on any atom is -0.319 e. The number of carbonyl (C=O) groups is 2. The number of nitro benzene ring substituents is 1. The molecule has 3 amide bonds. The Bertz CT molecular complexity index is 877. The van der Waals surface area contributed by atoms with Crippen LogP contribution in [-0.4, -0.2) is 28.3 Å². The number of benzene rings is 2. The van der Waals surface area contributed by atoms with Crippen LogP contribution in [0.25, 0.3) is 6.08 Å². The maximum absolute atomic E-state index is 12.8. The maximum atomic E-state index is 12.8. The Balaban J connectivity index is 1.77. The lowest BCUT2D eigenvalue weighted by Gasteiger charge is -2.21. The van der Waals surface area contributed by atoms with Crippen LogP contribution in [0.3, 0.4) is 0 Å². The Morgan fingerprint density at radius 2 is 1.77 bits per heavy atom. The number of non-ortho nitro benzene ring substituents is 1. The summed E-state index contributed by atoms with van der Waals surface area (Å²) in [5.74, 6) is -0.394. The largest absolute Gasteiger partial charge is 0.325 e. The van der Waals surface area contributed by atoms with Gasteiger partial charge in [0.05, 0.1) is 4.92 Å². The van der Waals surface area contributed by atoms with Crippen LogP contribution in [0.2, 0.25) is 0 Å². The zero-order valence-corrected chi connectivity index (χ0v) is 14.1. The molecule has 0 aliphatic carbocycles. The molecule has 132 valence electrons. The predicted octanol–water partition coefficient (Wildman–Crippen LogP) is 3.08. The number of hydrogen-bond acceptors (Lipinski definition) is 4. The fraction of sp³-hybridized carbons (Fsp3) is 0.158. The number of rotatable bonds is 5. The zero-order chi connectivity index (χ0) is 18.7. The standard InChI is InChI=1S/C19H17N3O4/c1-19(15-9-11-16(12-10-15)22(25)26)17(23)21(18(24)20-19)13-5-8-14-6-3-2-4-7-14/h2-12H,13H2,1H3,(H,20,24). The van der Waals surface area contributed by atoms with Crippen molar-refractivity contribution in [2.24, 2.45) is 0 Å². The molecule has 0 bridgehead atoms. The number of nitrogens with one attached hydrogen (secondary N) is 1. The van der Waals surface area contributed by atoms with Crippen molar-refractivity contribution in [3.05, 3.63) is 81.9 Å². The van der Waals surface area contributed by atoms with Crippen molar-refractivity contribution < 1.29 is 14.5 Å². The van der Waals surface area contributed by atoms with Gasteiger partial charge in [-0.1, -0.05) is 42.5 Å². The molecule has 2 aromatic rings. The monoisotopic (exact) mass is 351 g/mol. The lowest BCUT2D eigenvalue weighted by Crippen LogP contribution is -2.40. The van der Waals surface area contributed by atoms with E-state index < -0.39 is 22.4 Å². The fourth-order valence-electron chi connectivity index (χ4n) is 2.83. The van der Waals surface area contributed by atoms with Crippen LogP contribution >= 0.6 is 0 Å². The first-order chi connectivity index (χ1) is 12.4. The lowest BCUT2D eigenvalue weighted by atomic mass is 9.92. The van der Waals surface area contributed by atoms with Gasteiger partial charge in [-0.15, -0.1) is 0 Å². The molecule has 1 atom stereocenters. The summed E-state index contributed by atoms with van der Waals surface area (Å²) < 4.78 is 0. The van der Waals surface area contributed by atoms with E-state index in [9.17, 15) is 19.7 Å². The highest BCUT2D eigenvalue weighted by Gasteiger charge is 2.48. The van der Waals surface area contributed by atoms with E-state index in [1.807, 2.05) is 36.4 Å². The van der Waals surface area contributed by atoms with E-state index in [1.54, 1.807) is 13.0 Å². The summed E-state index contributed by atoms with van der Waals surface area (Å²) in [6.07, 6.45) is 3.58. The van der Waals surface area contributed by atoms with Crippen LogP contribution in [0.5, 0.6) is 0 Å². The first-order valence-electron chi connectivity index (χ1n) is 8.02. The van der Waals surface area contributed by atoms with E-state index in [1.165, 1.54) is 24.3 Å². The summed E-state index contributed by atoms with van der Waals surface area (Å²) >= 11 is 0. The van der Waals surface area contributed by atoms with Crippen molar-refractivity contribution in [3.63, 3.8) is 0 Å². The molecule has 7 heteroatoms. The first kappa shape index (κ1) is 17.3. The van der Waals surface area contributed by atoms with E-state index in [-0.39, 0.29) is 12.2 Å². The molecule has 1 fully saturated rings. The van der Waals surface area contributed by atoms with Crippen LogP contribution < -0.4 is 5.32 Å². The second kappa shape index (κ2) is 6.79. The predicted molar refractivity (Wildman–Crippen MR) is 96.2 cm³/mol. The summed E-state index contributed by atoms with van der Waals surface area (Å²) in [6.45, 7) is 1.73. The topological polar surface area (TPSA) is 92.6 Å². The fourth-order valence-corrected chi connectivity index (χ4v) is 2.83. The van der Waals surface area contributed by atoms with Gasteiger partial charge in [-0.3, -0.25) is 19.8 Å². The van der Waals surface area contributed by atoms with E-state index in [2.05, 4.69) is 5.32 Å². The van der Waals surface area contributed by atoms with Crippen LogP contribution in [0.15, 0.2) is 60.7 Å². The van der Waals surface area contributed by atoms with Gasteiger partial charge in [0.25, 0.3) is 11.6 Å². The highest BCUT2D eigenvalue weighted by atomic mass is 16.6. The van der Waals surface area contributed by atoms with Crippen LogP contribution in [0.4, 0.5) is 10.5 Å². The number of nitrogens with zero attached hydrogens (tertiary/aromatic N) is 2. The van der Waals surface area contributed by atoms with Crippen LogP contribution in [-0.2, 0) is 10.3 Å². The van der Waals surface area contributed by atoms with Crippen LogP contribution in [0, 0.1) is 10.1 Å². The molecule has 1 heterocycles. The van der Waals surface area contributed by atoms with Gasteiger partial charge < -0.3 is 5.32 Å². The third-order valence-electron chi connectivity index (χ3n) is 4.33. The molecule has 1 saturated heterocycles. The van der Waals surface area contributed by atoms with Crippen molar-refractivity contribution in [2.45, 2.75) is 12.5 Å². The minimum absolute atomic E-state index is 0.0724. The van der Waals surface area contributed by atoms with Gasteiger partial charge in [-0.25, -0.2) is 4.79 Å². The highest BCUT2D eigenvalue weighted by Crippen LogP contribution is 2.30. The molecule has 1 N–H and O–H groups in total. The normalized spacial score (nSPS) is 19.8. The molecule has 1 unspecified atom stereocenters. The molecule has 7 nitrogen and oxygen atoms in total. The smallest absolute Gasteiger partial charge is 0.319 e. The van der Waals surface area contributed by atoms with E-state index in [4.69, 9.17) is 0 Å². The quantitative estimate of drug-likeness (QED) is 0.509. The van der Waals surface area contributed by atoms with Crippen LogP contribution in [0.1, 0.15) is 18.1 Å². The Hall–Kier alpha value is -3.48. The minimum atomic E-state index is -1.24. The molecule has 1 aliphatic heterocycles. The molecule has 26 heavy (non-hydrogen) atoms. The van der Waals surface area contributed by atoms with Crippen molar-refractivity contribution in [1.82, 2.24) is 10.2 Å². The molecular weight excluding hydrogens is 334 g/mol. The summed E-state index contributed by atoms with van der Waals surface area (Å²) in [4.78, 5) is 36.4. The number of amides is 3. The highest BCUT2D eigenvalue weighted by molar-refractivity contribution is 6.07. The number of carbonyl (C=O) groups excluding carboxylic acids is 2. The summed E-state index contributed by atoms with van der Waals surface area (Å²) in [5.41, 5.74) is 0.151. The molecule has 3 rings (SSSR count). The third kappa shape index (κ3) is 3.19. The van der Waals surface area contributed by atoms with E-state index in [0.717, 1.165) is 10.5 Å². The van der Waals surface area contributed by atoms with Gasteiger partial charge in [0.2, 0.25) is 0 Å². The SMILES string of the molecule is CC1(c2ccc([N+](=O)[O-])cc2)NC(=O)N(CC=Cc2ccccc2)C1=O. The molecule has 0 aromatic heterocycles. The average Bonchev–Trinajstić information content (AvgIpc) is 2.86. The Morgan fingerprint density at radius 3 is 2.38 bits per heavy atom. The molecular formula is C19H17N3O4. The summed E-state index contributed by atoms with van der Waals surface area (Å²) in [7, 11) is 0. The Kier molecular flexibility index (Phi) is 4.53. The zero-order valence-electron chi connectivity index (χ0n) is 14.1. The Labute approximate surface area is 150 Å². The molecule has 0 spiro atoms. The number of nitro groups is 1. The molecule has 2 aromatic carbocycles. The van der Waals surface area contributed by atoms with Gasteiger partial charge in [-0.2, -0.15) is 0 Å². The van der Waals surface area contributed by atoms with Crippen molar-refractivity contribution in [3.8, 4) is 0 Å². The molecule has 1 aliphatic rings. The summed E-state index contributed by atoms with van der Waals surface area (Å²) in [6, 6.07) is 14.7. The maximum Gasteiger partial charge on any atom is 0.325 e. The van der Waals surface area contributed by atoms with Gasteiger partial charge >= 0.3 is 6.03 Å². The third-order valence-corrected chi connectivity index (χ3v) is 4.33. The van der Waals surface area contributed by atoms with Gasteiger partial charge in [-0.05, 0) is 30.2 Å². The van der Waals surface area contributed by atoms with Gasteiger partial charge in [0.15, 0.2) is 0 Å². The Morgan fingerprint density at radius 1 is 1.12 bits per heavy atom. The molecule has 0 saturated carbocycles. The average molecular weight is 351 g/mol. The number of imide groups is 1. The van der Waals surface area contributed by atoms with Crippen molar-refractivity contribution in [2.75, 3.05) is 6.54 Å². The number of hydrogen-bond donors (Lipinski definition) is 1. The second-order valence-electron chi connectivity index (χ2n) is 6.09. The molecule has 0 radical (unpaired) electrons. The van der Waals surface area contributed by atoms with Gasteiger partial charge in [0.1, 0.15) is 5.54 Å². The lowest BCUT2D eigenvalue weighted by molar-refractivity contribution is -0.384.